The van der Waals surface area contributed by atoms with Crippen LogP contribution in [0.4, 0.5) is 17.3 Å². The number of hydrogen-bond donors (Lipinski definition) is 1. The van der Waals surface area contributed by atoms with Crippen LogP contribution in [0.1, 0.15) is 0 Å². The predicted molar refractivity (Wildman–Crippen MR) is 95.4 cm³/mol. The number of nitro groups is 1. The maximum atomic E-state index is 11.2. The molecule has 1 aromatic heterocycles. The van der Waals surface area contributed by atoms with Gasteiger partial charge in [0.2, 0.25) is 5.95 Å². The monoisotopic (exact) mass is 356 g/mol. The van der Waals surface area contributed by atoms with E-state index in [-0.39, 0.29) is 11.4 Å². The van der Waals surface area contributed by atoms with Crippen molar-refractivity contribution in [3.63, 3.8) is 0 Å². The van der Waals surface area contributed by atoms with Crippen molar-refractivity contribution in [3.8, 4) is 17.0 Å². The first-order valence-corrected chi connectivity index (χ1v) is 7.63. The van der Waals surface area contributed by atoms with Gasteiger partial charge in [-0.15, -0.1) is 0 Å². The van der Waals surface area contributed by atoms with Gasteiger partial charge in [0.1, 0.15) is 0 Å². The number of hydrogen-bond acceptors (Lipinski definition) is 6. The Kier molecular flexibility index (Phi) is 4.76. The van der Waals surface area contributed by atoms with Crippen LogP contribution in [0.25, 0.3) is 11.3 Å². The van der Waals surface area contributed by atoms with Gasteiger partial charge >= 0.3 is 5.69 Å². The lowest BCUT2D eigenvalue weighted by atomic mass is 10.1. The maximum absolute atomic E-state index is 11.2. The molecule has 1 N–H and O–H groups in total. The smallest absolute Gasteiger partial charge is 0.311 e. The first kappa shape index (κ1) is 16.7. The Labute approximate surface area is 148 Å². The molecule has 0 aliphatic carbocycles. The minimum atomic E-state index is -0.490. The largest absolute Gasteiger partial charge is 0.490 e. The molecule has 126 valence electrons. The van der Waals surface area contributed by atoms with Gasteiger partial charge in [-0.25, -0.2) is 9.97 Å². The second-order valence-corrected chi connectivity index (χ2v) is 5.48. The van der Waals surface area contributed by atoms with Crippen molar-refractivity contribution in [2.24, 2.45) is 0 Å². The Balaban J connectivity index is 1.92. The van der Waals surface area contributed by atoms with E-state index in [4.69, 9.17) is 16.3 Å². The number of benzene rings is 2. The van der Waals surface area contributed by atoms with Crippen LogP contribution in [-0.4, -0.2) is 22.0 Å². The molecule has 2 aromatic carbocycles. The van der Waals surface area contributed by atoms with Crippen LogP contribution in [0.5, 0.6) is 5.75 Å². The summed E-state index contributed by atoms with van der Waals surface area (Å²) in [6, 6.07) is 13.5. The van der Waals surface area contributed by atoms with E-state index in [0.717, 1.165) is 5.69 Å². The molecule has 0 radical (unpaired) electrons. The zero-order valence-electron chi connectivity index (χ0n) is 13.1. The number of nitrogens with one attached hydrogen (secondary N) is 1. The summed E-state index contributed by atoms with van der Waals surface area (Å²) in [5.41, 5.74) is 1.80. The number of anilines is 2. The van der Waals surface area contributed by atoms with Gasteiger partial charge in [0.25, 0.3) is 0 Å². The molecule has 25 heavy (non-hydrogen) atoms. The van der Waals surface area contributed by atoms with Gasteiger partial charge < -0.3 is 10.1 Å². The topological polar surface area (TPSA) is 90.2 Å². The Morgan fingerprint density at radius 3 is 2.60 bits per heavy atom. The molecule has 0 saturated carbocycles. The van der Waals surface area contributed by atoms with E-state index in [1.807, 2.05) is 0 Å². The number of nitrogens with zero attached hydrogens (tertiary/aromatic N) is 3. The van der Waals surface area contributed by atoms with Crippen LogP contribution < -0.4 is 10.1 Å². The lowest BCUT2D eigenvalue weighted by molar-refractivity contribution is -0.385. The molecule has 0 bridgehead atoms. The van der Waals surface area contributed by atoms with E-state index in [2.05, 4.69) is 15.3 Å². The first-order chi connectivity index (χ1) is 12.1. The summed E-state index contributed by atoms with van der Waals surface area (Å²) < 4.78 is 5.01. The highest BCUT2D eigenvalue weighted by molar-refractivity contribution is 6.30. The number of rotatable bonds is 5. The average Bonchev–Trinajstić information content (AvgIpc) is 2.63. The first-order valence-electron chi connectivity index (χ1n) is 7.25. The standard InChI is InChI=1S/C17H13ClN4O3/c1-25-16-7-2-11(10-15(16)22(23)24)14-8-9-19-17(21-14)20-13-5-3-12(18)4-6-13/h2-10H,1H3,(H,19,20,21). The molecule has 7 nitrogen and oxygen atoms in total. The summed E-state index contributed by atoms with van der Waals surface area (Å²) in [6.07, 6.45) is 1.58. The minimum absolute atomic E-state index is 0.120. The van der Waals surface area contributed by atoms with E-state index in [9.17, 15) is 10.1 Å². The number of halogens is 1. The van der Waals surface area contributed by atoms with Crippen LogP contribution in [0.3, 0.4) is 0 Å². The fourth-order valence-corrected chi connectivity index (χ4v) is 2.36. The second-order valence-electron chi connectivity index (χ2n) is 5.04. The predicted octanol–water partition coefficient (Wildman–Crippen LogP) is 4.46. The molecule has 0 aliphatic heterocycles. The SMILES string of the molecule is COc1ccc(-c2ccnc(Nc3ccc(Cl)cc3)n2)cc1[N+](=O)[O-]. The van der Waals surface area contributed by atoms with E-state index in [1.165, 1.54) is 13.2 Å². The number of nitro benzene ring substituents is 1. The fourth-order valence-electron chi connectivity index (χ4n) is 2.23. The molecule has 8 heteroatoms. The van der Waals surface area contributed by atoms with Crippen LogP contribution in [0.2, 0.25) is 5.02 Å². The zero-order chi connectivity index (χ0) is 17.8. The van der Waals surface area contributed by atoms with Crippen molar-refractivity contribution >= 4 is 28.9 Å². The van der Waals surface area contributed by atoms with Crippen LogP contribution in [0, 0.1) is 10.1 Å². The molecule has 0 aliphatic rings. The van der Waals surface area contributed by atoms with Gasteiger partial charge in [-0.05, 0) is 42.5 Å². The summed E-state index contributed by atoms with van der Waals surface area (Å²) in [5, 5.41) is 14.9. The number of methoxy groups -OCH3 is 1. The molecule has 3 aromatic rings. The molecular weight excluding hydrogens is 344 g/mol. The van der Waals surface area contributed by atoms with Crippen molar-refractivity contribution in [2.75, 3.05) is 12.4 Å². The summed E-state index contributed by atoms with van der Waals surface area (Å²) in [5.74, 6) is 0.570. The van der Waals surface area contributed by atoms with Gasteiger partial charge in [0.15, 0.2) is 5.75 Å². The van der Waals surface area contributed by atoms with E-state index >= 15 is 0 Å². The summed E-state index contributed by atoms with van der Waals surface area (Å²) in [4.78, 5) is 19.2. The number of aromatic nitrogens is 2. The highest BCUT2D eigenvalue weighted by Gasteiger charge is 2.16. The lowest BCUT2D eigenvalue weighted by Gasteiger charge is -2.08. The van der Waals surface area contributed by atoms with Crippen LogP contribution in [-0.2, 0) is 0 Å². The lowest BCUT2D eigenvalue weighted by Crippen LogP contribution is -1.98. The Bertz CT molecular complexity index is 916. The van der Waals surface area contributed by atoms with E-state index in [1.54, 1.807) is 48.7 Å². The summed E-state index contributed by atoms with van der Waals surface area (Å²) in [6.45, 7) is 0. The summed E-state index contributed by atoms with van der Waals surface area (Å²) in [7, 11) is 1.39. The minimum Gasteiger partial charge on any atom is -0.490 e. The highest BCUT2D eigenvalue weighted by Crippen LogP contribution is 2.31. The van der Waals surface area contributed by atoms with E-state index in [0.29, 0.717) is 22.2 Å². The average molecular weight is 357 g/mol. The van der Waals surface area contributed by atoms with Gasteiger partial charge in [-0.3, -0.25) is 10.1 Å². The molecule has 0 amide bonds. The highest BCUT2D eigenvalue weighted by atomic mass is 35.5. The molecule has 0 saturated heterocycles. The quantitative estimate of drug-likeness (QED) is 0.536. The second kappa shape index (κ2) is 7.14. The molecule has 0 spiro atoms. The fraction of sp³-hybridized carbons (Fsp3) is 0.0588. The summed E-state index contributed by atoms with van der Waals surface area (Å²) >= 11 is 5.86. The van der Waals surface area contributed by atoms with E-state index < -0.39 is 4.92 Å². The van der Waals surface area contributed by atoms with Crippen molar-refractivity contribution in [1.82, 2.24) is 9.97 Å². The Hall–Kier alpha value is -3.19. The van der Waals surface area contributed by atoms with Crippen molar-refractivity contribution in [1.29, 1.82) is 0 Å². The third kappa shape index (κ3) is 3.84. The molecule has 1 heterocycles. The normalized spacial score (nSPS) is 10.3. The van der Waals surface area contributed by atoms with Crippen molar-refractivity contribution < 1.29 is 9.66 Å². The van der Waals surface area contributed by atoms with Crippen molar-refractivity contribution in [3.05, 3.63) is 69.9 Å². The van der Waals surface area contributed by atoms with Gasteiger partial charge in [-0.1, -0.05) is 11.6 Å². The van der Waals surface area contributed by atoms with Gasteiger partial charge in [0, 0.05) is 28.5 Å². The molecule has 0 fully saturated rings. The Morgan fingerprint density at radius 1 is 1.16 bits per heavy atom. The third-order valence-corrected chi connectivity index (χ3v) is 3.68. The van der Waals surface area contributed by atoms with Crippen LogP contribution in [0.15, 0.2) is 54.7 Å². The maximum Gasteiger partial charge on any atom is 0.311 e. The van der Waals surface area contributed by atoms with Gasteiger partial charge in [-0.2, -0.15) is 0 Å². The zero-order valence-corrected chi connectivity index (χ0v) is 13.9. The number of ether oxygens (including phenoxy) is 1. The van der Waals surface area contributed by atoms with Crippen molar-refractivity contribution in [2.45, 2.75) is 0 Å². The Morgan fingerprint density at radius 2 is 1.92 bits per heavy atom. The third-order valence-electron chi connectivity index (χ3n) is 3.43. The molecule has 0 unspecified atom stereocenters. The van der Waals surface area contributed by atoms with Crippen LogP contribution >= 0.6 is 11.6 Å². The molecular formula is C17H13ClN4O3. The molecule has 0 atom stereocenters. The molecule has 3 rings (SSSR count). The van der Waals surface area contributed by atoms with Gasteiger partial charge in [0.05, 0.1) is 17.7 Å².